The van der Waals surface area contributed by atoms with Crippen LogP contribution in [-0.4, -0.2) is 32.1 Å². The van der Waals surface area contributed by atoms with Crippen LogP contribution in [-0.2, 0) is 16.1 Å². The van der Waals surface area contributed by atoms with Crippen LogP contribution in [0, 0.1) is 5.92 Å². The van der Waals surface area contributed by atoms with Gasteiger partial charge >= 0.3 is 0 Å². The summed E-state index contributed by atoms with van der Waals surface area (Å²) in [7, 11) is 1.66. The van der Waals surface area contributed by atoms with E-state index in [1.807, 2.05) is 24.3 Å². The molecular weight excluding hydrogens is 292 g/mol. The minimum atomic E-state index is 0.180. The fraction of sp³-hybridized carbons (Fsp3) is 0.529. The Morgan fingerprint density at radius 3 is 2.87 bits per heavy atom. The molecule has 1 fully saturated rings. The molecule has 0 heterocycles. The van der Waals surface area contributed by atoms with Gasteiger partial charge < -0.3 is 21.1 Å². The SMILES string of the molecule is COCc1ccccc1NC(N)=NCCCNC(=O)C1CCC1. The Bertz CT molecular complexity index is 541. The van der Waals surface area contributed by atoms with Crippen molar-refractivity contribution < 1.29 is 9.53 Å². The molecule has 0 radical (unpaired) electrons. The van der Waals surface area contributed by atoms with E-state index in [1.165, 1.54) is 6.42 Å². The molecule has 126 valence electrons. The molecule has 6 heteroatoms. The van der Waals surface area contributed by atoms with E-state index in [0.29, 0.717) is 25.7 Å². The molecule has 0 saturated heterocycles. The van der Waals surface area contributed by atoms with E-state index in [1.54, 1.807) is 7.11 Å². The van der Waals surface area contributed by atoms with Gasteiger partial charge in [-0.05, 0) is 25.3 Å². The minimum Gasteiger partial charge on any atom is -0.380 e. The van der Waals surface area contributed by atoms with Gasteiger partial charge in [-0.15, -0.1) is 0 Å². The molecule has 0 aromatic heterocycles. The van der Waals surface area contributed by atoms with Crippen LogP contribution in [0.3, 0.4) is 0 Å². The third-order valence-corrected chi connectivity index (χ3v) is 3.97. The van der Waals surface area contributed by atoms with E-state index in [9.17, 15) is 4.79 Å². The van der Waals surface area contributed by atoms with Gasteiger partial charge in [-0.3, -0.25) is 9.79 Å². The largest absolute Gasteiger partial charge is 0.380 e. The van der Waals surface area contributed by atoms with Crippen LogP contribution in [0.2, 0.25) is 0 Å². The van der Waals surface area contributed by atoms with Crippen LogP contribution in [0.25, 0.3) is 0 Å². The second-order valence-corrected chi connectivity index (χ2v) is 5.75. The second kappa shape index (κ2) is 9.15. The molecule has 0 spiro atoms. The number of hydrogen-bond donors (Lipinski definition) is 3. The summed E-state index contributed by atoms with van der Waals surface area (Å²) in [6.45, 7) is 1.74. The van der Waals surface area contributed by atoms with Crippen molar-refractivity contribution in [3.63, 3.8) is 0 Å². The number of carbonyl (C=O) groups is 1. The zero-order chi connectivity index (χ0) is 16.5. The lowest BCUT2D eigenvalue weighted by molar-refractivity contribution is -0.127. The molecule has 0 aliphatic heterocycles. The predicted molar refractivity (Wildman–Crippen MR) is 92.2 cm³/mol. The molecule has 0 unspecified atom stereocenters. The number of ether oxygens (including phenoxy) is 1. The molecule has 1 aliphatic carbocycles. The number of anilines is 1. The van der Waals surface area contributed by atoms with Crippen molar-refractivity contribution in [2.45, 2.75) is 32.3 Å². The lowest BCUT2D eigenvalue weighted by atomic mass is 9.85. The van der Waals surface area contributed by atoms with Crippen molar-refractivity contribution in [3.8, 4) is 0 Å². The average molecular weight is 318 g/mol. The summed E-state index contributed by atoms with van der Waals surface area (Å²) in [5.41, 5.74) is 7.83. The number of aliphatic imine (C=N–C) groups is 1. The molecule has 0 atom stereocenters. The van der Waals surface area contributed by atoms with Crippen molar-refractivity contribution in [1.29, 1.82) is 0 Å². The van der Waals surface area contributed by atoms with E-state index < -0.39 is 0 Å². The fourth-order valence-electron chi connectivity index (χ4n) is 2.41. The van der Waals surface area contributed by atoms with Gasteiger partial charge in [0.05, 0.1) is 6.61 Å². The van der Waals surface area contributed by atoms with Gasteiger partial charge in [-0.1, -0.05) is 24.6 Å². The number of amides is 1. The molecule has 2 rings (SSSR count). The van der Waals surface area contributed by atoms with Gasteiger partial charge in [-0.2, -0.15) is 0 Å². The maximum absolute atomic E-state index is 11.7. The van der Waals surface area contributed by atoms with E-state index in [2.05, 4.69) is 15.6 Å². The van der Waals surface area contributed by atoms with E-state index in [0.717, 1.165) is 30.5 Å². The van der Waals surface area contributed by atoms with Gasteiger partial charge in [-0.25, -0.2) is 0 Å². The number of carbonyl (C=O) groups excluding carboxylic acids is 1. The van der Waals surface area contributed by atoms with Crippen molar-refractivity contribution >= 4 is 17.6 Å². The Labute approximate surface area is 137 Å². The molecule has 1 saturated carbocycles. The lowest BCUT2D eigenvalue weighted by Crippen LogP contribution is -2.35. The van der Waals surface area contributed by atoms with E-state index in [-0.39, 0.29) is 11.8 Å². The minimum absolute atomic E-state index is 0.180. The van der Waals surface area contributed by atoms with Gasteiger partial charge in [0.2, 0.25) is 5.91 Å². The highest BCUT2D eigenvalue weighted by atomic mass is 16.5. The van der Waals surface area contributed by atoms with Crippen molar-refractivity contribution in [3.05, 3.63) is 29.8 Å². The number of guanidine groups is 1. The topological polar surface area (TPSA) is 88.7 Å². The summed E-state index contributed by atoms with van der Waals surface area (Å²) in [6.07, 6.45) is 4.01. The summed E-state index contributed by atoms with van der Waals surface area (Å²) < 4.78 is 5.16. The molecule has 1 aromatic carbocycles. The highest BCUT2D eigenvalue weighted by molar-refractivity contribution is 5.92. The molecule has 6 nitrogen and oxygen atoms in total. The number of methoxy groups -OCH3 is 1. The third kappa shape index (κ3) is 5.56. The van der Waals surface area contributed by atoms with E-state index >= 15 is 0 Å². The lowest BCUT2D eigenvalue weighted by Gasteiger charge is -2.23. The Balaban J connectivity index is 1.69. The molecular formula is C17H26N4O2. The number of para-hydroxylation sites is 1. The number of benzene rings is 1. The van der Waals surface area contributed by atoms with Crippen LogP contribution in [0.5, 0.6) is 0 Å². The number of nitrogens with one attached hydrogen (secondary N) is 2. The number of rotatable bonds is 8. The average Bonchev–Trinajstić information content (AvgIpc) is 2.47. The van der Waals surface area contributed by atoms with E-state index in [4.69, 9.17) is 10.5 Å². The molecule has 1 aliphatic rings. The summed E-state index contributed by atoms with van der Waals surface area (Å²) in [4.78, 5) is 16.0. The summed E-state index contributed by atoms with van der Waals surface area (Å²) in [5.74, 6) is 0.793. The quantitative estimate of drug-likeness (QED) is 0.388. The monoisotopic (exact) mass is 318 g/mol. The summed E-state index contributed by atoms with van der Waals surface area (Å²) in [5, 5.41) is 6.04. The van der Waals surface area contributed by atoms with Gasteiger partial charge in [0.25, 0.3) is 0 Å². The normalized spacial score (nSPS) is 15.1. The van der Waals surface area contributed by atoms with Crippen molar-refractivity contribution in [2.75, 3.05) is 25.5 Å². The predicted octanol–water partition coefficient (Wildman–Crippen LogP) is 1.87. The summed E-state index contributed by atoms with van der Waals surface area (Å²) in [6, 6.07) is 7.81. The highest BCUT2D eigenvalue weighted by Crippen LogP contribution is 2.26. The van der Waals surface area contributed by atoms with Gasteiger partial charge in [0.1, 0.15) is 0 Å². The fourth-order valence-corrected chi connectivity index (χ4v) is 2.41. The van der Waals surface area contributed by atoms with Crippen molar-refractivity contribution in [2.24, 2.45) is 16.6 Å². The number of hydrogen-bond acceptors (Lipinski definition) is 3. The maximum atomic E-state index is 11.7. The number of nitrogens with two attached hydrogens (primary N) is 1. The second-order valence-electron chi connectivity index (χ2n) is 5.75. The molecule has 1 aromatic rings. The molecule has 0 bridgehead atoms. The smallest absolute Gasteiger partial charge is 0.223 e. The first-order valence-corrected chi connectivity index (χ1v) is 8.12. The first kappa shape index (κ1) is 17.3. The molecule has 1 amide bonds. The zero-order valence-electron chi connectivity index (χ0n) is 13.7. The highest BCUT2D eigenvalue weighted by Gasteiger charge is 2.24. The Hall–Kier alpha value is -2.08. The Morgan fingerprint density at radius 2 is 2.17 bits per heavy atom. The Morgan fingerprint density at radius 1 is 1.39 bits per heavy atom. The molecule has 23 heavy (non-hydrogen) atoms. The zero-order valence-corrected chi connectivity index (χ0v) is 13.7. The van der Waals surface area contributed by atoms with Crippen LogP contribution in [0.15, 0.2) is 29.3 Å². The third-order valence-electron chi connectivity index (χ3n) is 3.97. The molecule has 4 N–H and O–H groups in total. The van der Waals surface area contributed by atoms with Crippen LogP contribution in [0.4, 0.5) is 5.69 Å². The van der Waals surface area contributed by atoms with Crippen LogP contribution < -0.4 is 16.4 Å². The first-order chi connectivity index (χ1) is 11.2. The summed E-state index contributed by atoms with van der Waals surface area (Å²) >= 11 is 0. The van der Waals surface area contributed by atoms with Crippen LogP contribution >= 0.6 is 0 Å². The number of nitrogens with zero attached hydrogens (tertiary/aromatic N) is 1. The van der Waals surface area contributed by atoms with Gasteiger partial charge in [0.15, 0.2) is 5.96 Å². The van der Waals surface area contributed by atoms with Crippen molar-refractivity contribution in [1.82, 2.24) is 5.32 Å². The Kier molecular flexibility index (Phi) is 6.87. The first-order valence-electron chi connectivity index (χ1n) is 8.12. The van der Waals surface area contributed by atoms with Crippen LogP contribution in [0.1, 0.15) is 31.2 Å². The maximum Gasteiger partial charge on any atom is 0.223 e. The standard InChI is InChI=1S/C17H26N4O2/c1-23-12-14-6-2-3-9-15(14)21-17(18)20-11-5-10-19-16(22)13-7-4-8-13/h2-3,6,9,13H,4-5,7-8,10-12H2,1H3,(H,19,22)(H3,18,20,21). The van der Waals surface area contributed by atoms with Gasteiger partial charge in [0, 0.05) is 37.4 Å².